The number of fused-ring (bicyclic) bond motifs is 1. The highest BCUT2D eigenvalue weighted by Gasteiger charge is 2.30. The fourth-order valence-electron chi connectivity index (χ4n) is 2.01. The highest BCUT2D eigenvalue weighted by molar-refractivity contribution is 5.85. The van der Waals surface area contributed by atoms with Crippen LogP contribution < -0.4 is 10.1 Å². The SMILES string of the molecule is COc1ccc2cc(CNC(=O)C3CO3)ccc2c1. The summed E-state index contributed by atoms with van der Waals surface area (Å²) in [4.78, 5) is 11.5. The van der Waals surface area contributed by atoms with Gasteiger partial charge in [0, 0.05) is 6.54 Å². The van der Waals surface area contributed by atoms with Crippen LogP contribution in [0.15, 0.2) is 36.4 Å². The number of benzene rings is 2. The molecular weight excluding hydrogens is 242 g/mol. The molecule has 2 aromatic rings. The van der Waals surface area contributed by atoms with Crippen molar-refractivity contribution in [1.29, 1.82) is 0 Å². The van der Waals surface area contributed by atoms with Gasteiger partial charge in [-0.2, -0.15) is 0 Å². The molecule has 19 heavy (non-hydrogen) atoms. The van der Waals surface area contributed by atoms with E-state index in [9.17, 15) is 4.79 Å². The van der Waals surface area contributed by atoms with Crippen LogP contribution in [-0.2, 0) is 16.1 Å². The summed E-state index contributed by atoms with van der Waals surface area (Å²) in [5, 5.41) is 5.12. The van der Waals surface area contributed by atoms with Crippen molar-refractivity contribution in [3.05, 3.63) is 42.0 Å². The molecule has 0 aromatic heterocycles. The minimum Gasteiger partial charge on any atom is -0.497 e. The molecule has 98 valence electrons. The number of hydrogen-bond acceptors (Lipinski definition) is 3. The summed E-state index contributed by atoms with van der Waals surface area (Å²) < 4.78 is 10.1. The average molecular weight is 257 g/mol. The van der Waals surface area contributed by atoms with Crippen LogP contribution in [0.3, 0.4) is 0 Å². The molecule has 0 aliphatic carbocycles. The highest BCUT2D eigenvalue weighted by Crippen LogP contribution is 2.21. The molecule has 1 amide bonds. The van der Waals surface area contributed by atoms with Gasteiger partial charge in [0.2, 0.25) is 0 Å². The van der Waals surface area contributed by atoms with Crippen molar-refractivity contribution in [3.8, 4) is 5.75 Å². The van der Waals surface area contributed by atoms with Crippen molar-refractivity contribution in [3.63, 3.8) is 0 Å². The standard InChI is InChI=1S/C15H15NO3/c1-18-13-5-4-11-6-10(2-3-12(11)7-13)8-16-15(17)14-9-19-14/h2-7,14H,8-9H2,1H3,(H,16,17). The van der Waals surface area contributed by atoms with Gasteiger partial charge < -0.3 is 14.8 Å². The minimum atomic E-state index is -0.232. The molecule has 1 saturated heterocycles. The number of epoxide rings is 1. The number of carbonyl (C=O) groups excluding carboxylic acids is 1. The lowest BCUT2D eigenvalue weighted by molar-refractivity contribution is -0.122. The van der Waals surface area contributed by atoms with Crippen LogP contribution in [0, 0.1) is 0 Å². The molecule has 1 N–H and O–H groups in total. The summed E-state index contributed by atoms with van der Waals surface area (Å²) in [7, 11) is 1.66. The summed E-state index contributed by atoms with van der Waals surface area (Å²) in [6.07, 6.45) is -0.232. The van der Waals surface area contributed by atoms with Crippen molar-refractivity contribution < 1.29 is 14.3 Å². The fraction of sp³-hybridized carbons (Fsp3) is 0.267. The fourth-order valence-corrected chi connectivity index (χ4v) is 2.01. The third-order valence-electron chi connectivity index (χ3n) is 3.20. The Morgan fingerprint density at radius 2 is 2.05 bits per heavy atom. The van der Waals surface area contributed by atoms with Crippen LogP contribution in [0.5, 0.6) is 5.75 Å². The normalized spacial score (nSPS) is 17.2. The topological polar surface area (TPSA) is 50.9 Å². The first-order valence-electron chi connectivity index (χ1n) is 6.22. The van der Waals surface area contributed by atoms with Gasteiger partial charge in [-0.1, -0.05) is 18.2 Å². The monoisotopic (exact) mass is 257 g/mol. The van der Waals surface area contributed by atoms with Gasteiger partial charge in [0.1, 0.15) is 5.75 Å². The summed E-state index contributed by atoms with van der Waals surface area (Å²) in [5.74, 6) is 0.814. The number of amides is 1. The Morgan fingerprint density at radius 3 is 2.79 bits per heavy atom. The molecule has 2 aromatic carbocycles. The molecule has 0 saturated carbocycles. The zero-order chi connectivity index (χ0) is 13.2. The van der Waals surface area contributed by atoms with Crippen molar-refractivity contribution in [2.75, 3.05) is 13.7 Å². The van der Waals surface area contributed by atoms with E-state index in [1.165, 1.54) is 0 Å². The first-order valence-corrected chi connectivity index (χ1v) is 6.22. The molecule has 1 unspecified atom stereocenters. The Kier molecular flexibility index (Phi) is 3.09. The Hall–Kier alpha value is -2.07. The van der Waals surface area contributed by atoms with E-state index in [0.29, 0.717) is 13.2 Å². The van der Waals surface area contributed by atoms with E-state index in [1.54, 1.807) is 7.11 Å². The maximum atomic E-state index is 11.5. The van der Waals surface area contributed by atoms with Crippen LogP contribution in [-0.4, -0.2) is 25.7 Å². The lowest BCUT2D eigenvalue weighted by atomic mass is 10.1. The van der Waals surface area contributed by atoms with Gasteiger partial charge in [0.15, 0.2) is 6.10 Å². The predicted molar refractivity (Wildman–Crippen MR) is 72.1 cm³/mol. The number of methoxy groups -OCH3 is 1. The Labute approximate surface area is 111 Å². The van der Waals surface area contributed by atoms with Crippen LogP contribution in [0.1, 0.15) is 5.56 Å². The van der Waals surface area contributed by atoms with Gasteiger partial charge in [0.25, 0.3) is 5.91 Å². The molecule has 1 aliphatic rings. The molecular formula is C15H15NO3. The van der Waals surface area contributed by atoms with Gasteiger partial charge in [-0.3, -0.25) is 4.79 Å². The third-order valence-corrected chi connectivity index (χ3v) is 3.20. The average Bonchev–Trinajstić information content (AvgIpc) is 3.28. The van der Waals surface area contributed by atoms with Crippen molar-refractivity contribution >= 4 is 16.7 Å². The van der Waals surface area contributed by atoms with Crippen molar-refractivity contribution in [2.24, 2.45) is 0 Å². The molecule has 1 aliphatic heterocycles. The Morgan fingerprint density at radius 1 is 1.32 bits per heavy atom. The lowest BCUT2D eigenvalue weighted by Crippen LogP contribution is -2.27. The van der Waals surface area contributed by atoms with Gasteiger partial charge in [-0.25, -0.2) is 0 Å². The number of carbonyl (C=O) groups is 1. The lowest BCUT2D eigenvalue weighted by Gasteiger charge is -2.06. The molecule has 1 atom stereocenters. The van der Waals surface area contributed by atoms with Crippen molar-refractivity contribution in [1.82, 2.24) is 5.32 Å². The van der Waals surface area contributed by atoms with Crippen LogP contribution in [0.4, 0.5) is 0 Å². The van der Waals surface area contributed by atoms with E-state index in [1.807, 2.05) is 30.3 Å². The van der Waals surface area contributed by atoms with E-state index < -0.39 is 0 Å². The van der Waals surface area contributed by atoms with Crippen LogP contribution in [0.25, 0.3) is 10.8 Å². The molecule has 1 fully saturated rings. The smallest absolute Gasteiger partial charge is 0.251 e. The van der Waals surface area contributed by atoms with E-state index in [0.717, 1.165) is 22.1 Å². The van der Waals surface area contributed by atoms with E-state index in [4.69, 9.17) is 9.47 Å². The van der Waals surface area contributed by atoms with Crippen molar-refractivity contribution in [2.45, 2.75) is 12.6 Å². The van der Waals surface area contributed by atoms with E-state index in [2.05, 4.69) is 11.4 Å². The minimum absolute atomic E-state index is 0.0326. The van der Waals surface area contributed by atoms with Gasteiger partial charge >= 0.3 is 0 Å². The van der Waals surface area contributed by atoms with Gasteiger partial charge in [-0.05, 0) is 34.5 Å². The zero-order valence-corrected chi connectivity index (χ0v) is 10.7. The molecule has 0 bridgehead atoms. The first kappa shape index (κ1) is 12.0. The maximum Gasteiger partial charge on any atom is 0.251 e. The second kappa shape index (κ2) is 4.90. The van der Waals surface area contributed by atoms with Gasteiger partial charge in [0.05, 0.1) is 13.7 Å². The molecule has 1 heterocycles. The number of ether oxygens (including phenoxy) is 2. The van der Waals surface area contributed by atoms with E-state index in [-0.39, 0.29) is 12.0 Å². The third kappa shape index (κ3) is 2.69. The van der Waals surface area contributed by atoms with Crippen LogP contribution >= 0.6 is 0 Å². The summed E-state index contributed by atoms with van der Waals surface area (Å²) in [5.41, 5.74) is 1.08. The number of hydrogen-bond donors (Lipinski definition) is 1. The largest absolute Gasteiger partial charge is 0.497 e. The number of rotatable bonds is 4. The Bertz CT molecular complexity index is 620. The van der Waals surface area contributed by atoms with Gasteiger partial charge in [-0.15, -0.1) is 0 Å². The maximum absolute atomic E-state index is 11.5. The predicted octanol–water partition coefficient (Wildman–Crippen LogP) is 1.86. The van der Waals surface area contributed by atoms with Crippen LogP contribution in [0.2, 0.25) is 0 Å². The summed E-state index contributed by atoms with van der Waals surface area (Å²) >= 11 is 0. The molecule has 0 spiro atoms. The molecule has 3 rings (SSSR count). The van der Waals surface area contributed by atoms with E-state index >= 15 is 0 Å². The summed E-state index contributed by atoms with van der Waals surface area (Å²) in [6, 6.07) is 12.1. The second-order valence-electron chi connectivity index (χ2n) is 4.59. The second-order valence-corrected chi connectivity index (χ2v) is 4.59. The zero-order valence-electron chi connectivity index (χ0n) is 10.7. The Balaban J connectivity index is 1.75. The molecule has 0 radical (unpaired) electrons. The molecule has 4 heteroatoms. The summed E-state index contributed by atoms with van der Waals surface area (Å²) in [6.45, 7) is 1.07. The number of nitrogens with one attached hydrogen (secondary N) is 1. The molecule has 4 nitrogen and oxygen atoms in total. The first-order chi connectivity index (χ1) is 9.26. The quantitative estimate of drug-likeness (QED) is 0.851. The highest BCUT2D eigenvalue weighted by atomic mass is 16.6.